The van der Waals surface area contributed by atoms with Crippen LogP contribution in [-0.2, 0) is 0 Å². The molecule has 1 aliphatic rings. The molecule has 2 rings (SSSR count). The maximum atomic E-state index is 12.3. The number of nitrogens with two attached hydrogens (primary N) is 1. The van der Waals surface area contributed by atoms with Gasteiger partial charge in [0.25, 0.3) is 5.91 Å². The van der Waals surface area contributed by atoms with Crippen LogP contribution in [-0.4, -0.2) is 18.5 Å². The highest BCUT2D eigenvalue weighted by Crippen LogP contribution is 2.27. The molecule has 0 spiro atoms. The predicted molar refractivity (Wildman–Crippen MR) is 78.5 cm³/mol. The van der Waals surface area contributed by atoms with Crippen LogP contribution < -0.4 is 11.1 Å². The summed E-state index contributed by atoms with van der Waals surface area (Å²) >= 11 is 6.05. The zero-order valence-electron chi connectivity index (χ0n) is 11.3. The van der Waals surface area contributed by atoms with Crippen LogP contribution in [0.4, 0.5) is 0 Å². The average molecular weight is 281 g/mol. The molecule has 0 saturated heterocycles. The molecule has 3 nitrogen and oxygen atoms in total. The van der Waals surface area contributed by atoms with E-state index < -0.39 is 0 Å². The largest absolute Gasteiger partial charge is 0.348 e. The third-order valence-corrected chi connectivity index (χ3v) is 4.46. The third kappa shape index (κ3) is 3.28. The molecule has 0 bridgehead atoms. The molecule has 19 heavy (non-hydrogen) atoms. The molecule has 104 valence electrons. The molecule has 0 heterocycles. The van der Waals surface area contributed by atoms with Crippen molar-refractivity contribution in [1.29, 1.82) is 0 Å². The summed E-state index contributed by atoms with van der Waals surface area (Å²) in [5.41, 5.74) is 7.27. The number of benzene rings is 1. The summed E-state index contributed by atoms with van der Waals surface area (Å²) < 4.78 is 0. The van der Waals surface area contributed by atoms with Gasteiger partial charge in [0, 0.05) is 23.2 Å². The Kier molecular flexibility index (Phi) is 4.83. The first-order valence-corrected chi connectivity index (χ1v) is 7.27. The predicted octanol–water partition coefficient (Wildman–Crippen LogP) is 2.90. The van der Waals surface area contributed by atoms with Crippen molar-refractivity contribution < 1.29 is 4.79 Å². The van der Waals surface area contributed by atoms with Crippen LogP contribution in [0, 0.1) is 12.8 Å². The van der Waals surface area contributed by atoms with Crippen molar-refractivity contribution in [2.75, 3.05) is 6.54 Å². The summed E-state index contributed by atoms with van der Waals surface area (Å²) in [4.78, 5) is 12.3. The van der Waals surface area contributed by atoms with Gasteiger partial charge in [0.15, 0.2) is 0 Å². The molecule has 0 aliphatic heterocycles. The van der Waals surface area contributed by atoms with Gasteiger partial charge in [0.2, 0.25) is 0 Å². The van der Waals surface area contributed by atoms with E-state index in [0.717, 1.165) is 18.4 Å². The molecule has 1 aromatic rings. The van der Waals surface area contributed by atoms with Gasteiger partial charge in [-0.2, -0.15) is 0 Å². The number of amides is 1. The monoisotopic (exact) mass is 280 g/mol. The summed E-state index contributed by atoms with van der Waals surface area (Å²) in [6, 6.07) is 5.48. The topological polar surface area (TPSA) is 55.1 Å². The first kappa shape index (κ1) is 14.4. The van der Waals surface area contributed by atoms with Gasteiger partial charge >= 0.3 is 0 Å². The second kappa shape index (κ2) is 6.40. The second-order valence-electron chi connectivity index (χ2n) is 5.27. The quantitative estimate of drug-likeness (QED) is 0.891. The van der Waals surface area contributed by atoms with Crippen molar-refractivity contribution in [3.05, 3.63) is 34.3 Å². The SMILES string of the molecule is Cc1c(Cl)cccc1C(=O)NC(CN)C1CCCC1. The Morgan fingerprint density at radius 3 is 2.79 bits per heavy atom. The smallest absolute Gasteiger partial charge is 0.251 e. The highest BCUT2D eigenvalue weighted by atomic mass is 35.5. The van der Waals surface area contributed by atoms with Gasteiger partial charge in [0.05, 0.1) is 0 Å². The molecule has 1 amide bonds. The zero-order valence-corrected chi connectivity index (χ0v) is 12.0. The standard InChI is InChI=1S/C15H21ClN2O/c1-10-12(7-4-8-13(10)16)15(19)18-14(9-17)11-5-2-3-6-11/h4,7-8,11,14H,2-3,5-6,9,17H2,1H3,(H,18,19). The minimum Gasteiger partial charge on any atom is -0.348 e. The van der Waals surface area contributed by atoms with E-state index in [1.165, 1.54) is 12.8 Å². The first-order chi connectivity index (χ1) is 9.13. The molecule has 0 radical (unpaired) electrons. The molecule has 1 saturated carbocycles. The van der Waals surface area contributed by atoms with Crippen LogP contribution in [0.15, 0.2) is 18.2 Å². The van der Waals surface area contributed by atoms with Crippen LogP contribution >= 0.6 is 11.6 Å². The van der Waals surface area contributed by atoms with Gasteiger partial charge in [-0.15, -0.1) is 0 Å². The lowest BCUT2D eigenvalue weighted by Gasteiger charge is -2.23. The van der Waals surface area contributed by atoms with Gasteiger partial charge in [-0.1, -0.05) is 30.5 Å². The van der Waals surface area contributed by atoms with Gasteiger partial charge in [0.1, 0.15) is 0 Å². The van der Waals surface area contributed by atoms with Crippen LogP contribution in [0.5, 0.6) is 0 Å². The van der Waals surface area contributed by atoms with Crippen LogP contribution in [0.3, 0.4) is 0 Å². The molecule has 1 fully saturated rings. The van der Waals surface area contributed by atoms with E-state index in [1.807, 2.05) is 6.92 Å². The van der Waals surface area contributed by atoms with E-state index in [2.05, 4.69) is 5.32 Å². The Labute approximate surface area is 119 Å². The van der Waals surface area contributed by atoms with E-state index in [9.17, 15) is 4.79 Å². The van der Waals surface area contributed by atoms with Gasteiger partial charge < -0.3 is 11.1 Å². The summed E-state index contributed by atoms with van der Waals surface area (Å²) in [5, 5.41) is 3.69. The van der Waals surface area contributed by atoms with Crippen molar-refractivity contribution in [2.45, 2.75) is 38.6 Å². The third-order valence-electron chi connectivity index (χ3n) is 4.05. The Bertz CT molecular complexity index is 455. The van der Waals surface area contributed by atoms with Crippen molar-refractivity contribution in [1.82, 2.24) is 5.32 Å². The molecule has 1 unspecified atom stereocenters. The lowest BCUT2D eigenvalue weighted by Crippen LogP contribution is -2.44. The van der Waals surface area contributed by atoms with E-state index >= 15 is 0 Å². The lowest BCUT2D eigenvalue weighted by molar-refractivity contribution is 0.0923. The number of carbonyl (C=O) groups is 1. The summed E-state index contributed by atoms with van der Waals surface area (Å²) in [6.45, 7) is 2.36. The Hall–Kier alpha value is -1.06. The maximum Gasteiger partial charge on any atom is 0.251 e. The highest BCUT2D eigenvalue weighted by molar-refractivity contribution is 6.31. The molecule has 4 heteroatoms. The summed E-state index contributed by atoms with van der Waals surface area (Å²) in [6.07, 6.45) is 4.81. The number of hydrogen-bond donors (Lipinski definition) is 2. The molecular weight excluding hydrogens is 260 g/mol. The van der Waals surface area contributed by atoms with Crippen molar-refractivity contribution in [3.8, 4) is 0 Å². The minimum atomic E-state index is -0.0673. The number of halogens is 1. The fourth-order valence-electron chi connectivity index (χ4n) is 2.83. The van der Waals surface area contributed by atoms with Gasteiger partial charge in [-0.3, -0.25) is 4.79 Å². The Morgan fingerprint density at radius 2 is 2.16 bits per heavy atom. The number of carbonyl (C=O) groups excluding carboxylic acids is 1. The summed E-state index contributed by atoms with van der Waals surface area (Å²) in [7, 11) is 0. The van der Waals surface area contributed by atoms with Crippen molar-refractivity contribution in [2.24, 2.45) is 11.7 Å². The zero-order chi connectivity index (χ0) is 13.8. The van der Waals surface area contributed by atoms with Crippen molar-refractivity contribution in [3.63, 3.8) is 0 Å². The first-order valence-electron chi connectivity index (χ1n) is 6.89. The van der Waals surface area contributed by atoms with Crippen molar-refractivity contribution >= 4 is 17.5 Å². The fraction of sp³-hybridized carbons (Fsp3) is 0.533. The van der Waals surface area contributed by atoms with Gasteiger partial charge in [-0.05, 0) is 43.4 Å². The molecule has 0 aromatic heterocycles. The van der Waals surface area contributed by atoms with E-state index in [1.54, 1.807) is 18.2 Å². The van der Waals surface area contributed by atoms with E-state index in [-0.39, 0.29) is 11.9 Å². The lowest BCUT2D eigenvalue weighted by atomic mass is 9.97. The highest BCUT2D eigenvalue weighted by Gasteiger charge is 2.26. The Morgan fingerprint density at radius 1 is 1.47 bits per heavy atom. The van der Waals surface area contributed by atoms with Crippen LogP contribution in [0.2, 0.25) is 5.02 Å². The fourth-order valence-corrected chi connectivity index (χ4v) is 3.00. The number of hydrogen-bond acceptors (Lipinski definition) is 2. The van der Waals surface area contributed by atoms with E-state index in [0.29, 0.717) is 23.0 Å². The number of rotatable bonds is 4. The molecule has 1 atom stereocenters. The van der Waals surface area contributed by atoms with Crippen LogP contribution in [0.1, 0.15) is 41.6 Å². The molecule has 1 aromatic carbocycles. The average Bonchev–Trinajstić information content (AvgIpc) is 2.92. The molecule has 3 N–H and O–H groups in total. The van der Waals surface area contributed by atoms with Gasteiger partial charge in [-0.25, -0.2) is 0 Å². The Balaban J connectivity index is 2.08. The summed E-state index contributed by atoms with van der Waals surface area (Å²) in [5.74, 6) is 0.454. The van der Waals surface area contributed by atoms with Crippen LogP contribution in [0.25, 0.3) is 0 Å². The normalized spacial score (nSPS) is 17.4. The minimum absolute atomic E-state index is 0.0673. The number of nitrogens with one attached hydrogen (secondary N) is 1. The van der Waals surface area contributed by atoms with E-state index in [4.69, 9.17) is 17.3 Å². The molecular formula is C15H21ClN2O. The maximum absolute atomic E-state index is 12.3. The second-order valence-corrected chi connectivity index (χ2v) is 5.68. The molecule has 1 aliphatic carbocycles.